The van der Waals surface area contributed by atoms with E-state index in [1.54, 1.807) is 38.3 Å². The third-order valence-corrected chi connectivity index (χ3v) is 5.43. The molecule has 172 valence electrons. The number of aliphatic hydroxyl groups is 2. The molecule has 2 amide bonds. The average Bonchev–Trinajstić information content (AvgIpc) is 2.80. The molecule has 0 aliphatic carbocycles. The molecule has 9 heteroatoms. The molecule has 1 fully saturated rings. The molecule has 0 radical (unpaired) electrons. The Morgan fingerprint density at radius 3 is 2.35 bits per heavy atom. The van der Waals surface area contributed by atoms with Crippen LogP contribution in [0.1, 0.15) is 38.2 Å². The number of ether oxygens (including phenoxy) is 2. The number of nitrogens with zero attached hydrogens (tertiary/aromatic N) is 1. The third-order valence-electron chi connectivity index (χ3n) is 5.43. The number of amides is 2. The minimum absolute atomic E-state index is 0.145. The number of hydrogen-bond acceptors (Lipinski definition) is 7. The van der Waals surface area contributed by atoms with Gasteiger partial charge in [0.1, 0.15) is 5.75 Å². The molecule has 0 saturated carbocycles. The molecule has 3 N–H and O–H groups in total. The van der Waals surface area contributed by atoms with Crippen LogP contribution in [0.5, 0.6) is 5.75 Å². The van der Waals surface area contributed by atoms with Crippen molar-refractivity contribution in [1.29, 1.82) is 0 Å². The largest absolute Gasteiger partial charge is 0.497 e. The molecular formula is C22H32N2O7. The Labute approximate surface area is 182 Å². The Morgan fingerprint density at radius 2 is 1.77 bits per heavy atom. The molecule has 0 aromatic heterocycles. The van der Waals surface area contributed by atoms with Gasteiger partial charge in [-0.05, 0) is 49.8 Å². The highest BCUT2D eigenvalue weighted by molar-refractivity contribution is 5.90. The molecule has 0 bridgehead atoms. The lowest BCUT2D eigenvalue weighted by Crippen LogP contribution is -2.52. The van der Waals surface area contributed by atoms with Crippen LogP contribution in [0.4, 0.5) is 0 Å². The second-order valence-corrected chi connectivity index (χ2v) is 7.57. The lowest BCUT2D eigenvalue weighted by molar-refractivity contribution is -0.154. The van der Waals surface area contributed by atoms with E-state index in [0.29, 0.717) is 57.0 Å². The van der Waals surface area contributed by atoms with Crippen LogP contribution >= 0.6 is 0 Å². The predicted molar refractivity (Wildman–Crippen MR) is 112 cm³/mol. The van der Waals surface area contributed by atoms with Gasteiger partial charge in [-0.3, -0.25) is 14.4 Å². The lowest BCUT2D eigenvalue weighted by atomic mass is 9.92. The Kier molecular flexibility index (Phi) is 9.74. The van der Waals surface area contributed by atoms with Crippen LogP contribution in [0, 0.1) is 5.92 Å². The van der Waals surface area contributed by atoms with Crippen LogP contribution in [0.25, 0.3) is 0 Å². The first-order valence-electron chi connectivity index (χ1n) is 10.6. The molecule has 1 aliphatic rings. The summed E-state index contributed by atoms with van der Waals surface area (Å²) in [7, 11) is 1.55. The molecule has 31 heavy (non-hydrogen) atoms. The Bertz CT molecular complexity index is 730. The molecule has 0 spiro atoms. The molecule has 2 rings (SSSR count). The van der Waals surface area contributed by atoms with Crippen molar-refractivity contribution in [2.45, 2.75) is 51.4 Å². The van der Waals surface area contributed by atoms with Crippen molar-refractivity contribution in [2.24, 2.45) is 5.92 Å². The number of nitrogens with one attached hydrogen (secondary N) is 1. The average molecular weight is 437 g/mol. The Balaban J connectivity index is 1.75. The fourth-order valence-corrected chi connectivity index (χ4v) is 3.50. The van der Waals surface area contributed by atoms with Gasteiger partial charge in [0.05, 0.1) is 13.7 Å². The van der Waals surface area contributed by atoms with Crippen LogP contribution in [-0.4, -0.2) is 71.9 Å². The molecule has 2 atom stereocenters. The Morgan fingerprint density at radius 1 is 1.13 bits per heavy atom. The van der Waals surface area contributed by atoms with Crippen molar-refractivity contribution in [3.63, 3.8) is 0 Å². The number of rotatable bonds is 10. The van der Waals surface area contributed by atoms with Crippen LogP contribution < -0.4 is 10.1 Å². The van der Waals surface area contributed by atoms with Crippen LogP contribution in [0.2, 0.25) is 0 Å². The predicted octanol–water partition coefficient (Wildman–Crippen LogP) is 0.615. The number of carbonyl (C=O) groups excluding carboxylic acids is 3. The van der Waals surface area contributed by atoms with Gasteiger partial charge in [0, 0.05) is 26.1 Å². The second-order valence-electron chi connectivity index (χ2n) is 7.57. The van der Waals surface area contributed by atoms with Gasteiger partial charge in [-0.1, -0.05) is 12.1 Å². The van der Waals surface area contributed by atoms with Crippen molar-refractivity contribution < 1.29 is 34.1 Å². The summed E-state index contributed by atoms with van der Waals surface area (Å²) < 4.78 is 9.99. The number of esters is 1. The van der Waals surface area contributed by atoms with E-state index in [4.69, 9.17) is 9.47 Å². The van der Waals surface area contributed by atoms with Gasteiger partial charge in [0.25, 0.3) is 11.8 Å². The summed E-state index contributed by atoms with van der Waals surface area (Å²) >= 11 is 0. The van der Waals surface area contributed by atoms with E-state index in [-0.39, 0.29) is 12.5 Å². The lowest BCUT2D eigenvalue weighted by Gasteiger charge is -2.33. The molecule has 1 aliphatic heterocycles. The number of piperidine rings is 1. The first kappa shape index (κ1) is 24.6. The molecule has 1 aromatic carbocycles. The topological polar surface area (TPSA) is 125 Å². The first-order chi connectivity index (χ1) is 14.8. The van der Waals surface area contributed by atoms with E-state index in [0.717, 1.165) is 5.56 Å². The summed E-state index contributed by atoms with van der Waals surface area (Å²) in [6, 6.07) is 7.01. The van der Waals surface area contributed by atoms with E-state index >= 15 is 0 Å². The van der Waals surface area contributed by atoms with Gasteiger partial charge >= 0.3 is 5.97 Å². The van der Waals surface area contributed by atoms with Crippen molar-refractivity contribution in [3.05, 3.63) is 29.8 Å². The highest BCUT2D eigenvalue weighted by atomic mass is 16.5. The standard InChI is InChI=1S/C22H32N2O7/c1-3-31-18(25)9-6-15-10-12-24(13-11-15)22(29)20(27)19(26)21(28)23-14-16-4-7-17(30-2)8-5-16/h4-5,7-8,15,19-20,26-27H,3,6,9-14H2,1-2H3,(H,23,28)/t19?,20-/m1/s1. The van der Waals surface area contributed by atoms with E-state index in [1.807, 2.05) is 0 Å². The summed E-state index contributed by atoms with van der Waals surface area (Å²) in [6.45, 7) is 3.08. The molecular weight excluding hydrogens is 404 g/mol. The minimum Gasteiger partial charge on any atom is -0.497 e. The van der Waals surface area contributed by atoms with E-state index in [1.165, 1.54) is 4.90 Å². The van der Waals surface area contributed by atoms with Crippen molar-refractivity contribution in [2.75, 3.05) is 26.8 Å². The summed E-state index contributed by atoms with van der Waals surface area (Å²) in [5.74, 6) is -0.735. The number of likely N-dealkylation sites (tertiary alicyclic amines) is 1. The molecule has 1 aromatic rings. The van der Waals surface area contributed by atoms with Gasteiger partial charge < -0.3 is 29.9 Å². The van der Waals surface area contributed by atoms with Crippen LogP contribution in [0.3, 0.4) is 0 Å². The monoisotopic (exact) mass is 436 g/mol. The number of methoxy groups -OCH3 is 1. The molecule has 9 nitrogen and oxygen atoms in total. The number of aliphatic hydroxyl groups excluding tert-OH is 2. The smallest absolute Gasteiger partial charge is 0.305 e. The maximum Gasteiger partial charge on any atom is 0.305 e. The number of benzene rings is 1. The summed E-state index contributed by atoms with van der Waals surface area (Å²) in [4.78, 5) is 37.6. The maximum atomic E-state index is 12.5. The highest BCUT2D eigenvalue weighted by Crippen LogP contribution is 2.23. The van der Waals surface area contributed by atoms with E-state index < -0.39 is 24.0 Å². The normalized spacial score (nSPS) is 16.3. The number of hydrogen-bond donors (Lipinski definition) is 3. The SMILES string of the molecule is CCOC(=O)CCC1CCN(C(=O)[C@H](O)C(O)C(=O)NCc2ccc(OC)cc2)CC1. The highest BCUT2D eigenvalue weighted by Gasteiger charge is 2.34. The van der Waals surface area contributed by atoms with Crippen LogP contribution in [0.15, 0.2) is 24.3 Å². The molecule has 1 heterocycles. The van der Waals surface area contributed by atoms with Gasteiger partial charge in [-0.2, -0.15) is 0 Å². The third kappa shape index (κ3) is 7.52. The molecule has 1 unspecified atom stereocenters. The van der Waals surface area contributed by atoms with Crippen LogP contribution in [-0.2, 0) is 25.7 Å². The zero-order chi connectivity index (χ0) is 22.8. The van der Waals surface area contributed by atoms with Crippen molar-refractivity contribution in [1.82, 2.24) is 10.2 Å². The van der Waals surface area contributed by atoms with Gasteiger partial charge in [0.15, 0.2) is 12.2 Å². The fraction of sp³-hybridized carbons (Fsp3) is 0.591. The zero-order valence-corrected chi connectivity index (χ0v) is 18.1. The Hall–Kier alpha value is -2.65. The molecule has 1 saturated heterocycles. The summed E-state index contributed by atoms with van der Waals surface area (Å²) in [5, 5.41) is 22.8. The van der Waals surface area contributed by atoms with Gasteiger partial charge in [-0.15, -0.1) is 0 Å². The first-order valence-corrected chi connectivity index (χ1v) is 10.6. The second kappa shape index (κ2) is 12.3. The minimum atomic E-state index is -1.85. The quantitative estimate of drug-likeness (QED) is 0.459. The maximum absolute atomic E-state index is 12.5. The van der Waals surface area contributed by atoms with E-state index in [2.05, 4.69) is 5.32 Å². The number of carbonyl (C=O) groups is 3. The van der Waals surface area contributed by atoms with Gasteiger partial charge in [0.2, 0.25) is 0 Å². The van der Waals surface area contributed by atoms with Crippen molar-refractivity contribution >= 4 is 17.8 Å². The summed E-state index contributed by atoms with van der Waals surface area (Å²) in [5.41, 5.74) is 0.784. The van der Waals surface area contributed by atoms with E-state index in [9.17, 15) is 24.6 Å². The van der Waals surface area contributed by atoms with Gasteiger partial charge in [-0.25, -0.2) is 0 Å². The fourth-order valence-electron chi connectivity index (χ4n) is 3.50. The van der Waals surface area contributed by atoms with Crippen molar-refractivity contribution in [3.8, 4) is 5.75 Å². The summed E-state index contributed by atoms with van der Waals surface area (Å²) in [6.07, 6.45) is -1.25. The zero-order valence-electron chi connectivity index (χ0n) is 18.1.